The van der Waals surface area contributed by atoms with Gasteiger partial charge in [-0.15, -0.1) is 0 Å². The van der Waals surface area contributed by atoms with Crippen molar-refractivity contribution < 1.29 is 27.5 Å². The summed E-state index contributed by atoms with van der Waals surface area (Å²) in [5.74, 6) is -2.34. The maximum Gasteiger partial charge on any atom is 0.319 e. The smallest absolute Gasteiger partial charge is 0.319 e. The van der Waals surface area contributed by atoms with E-state index in [1.807, 2.05) is 23.1 Å². The van der Waals surface area contributed by atoms with Crippen LogP contribution in [0.3, 0.4) is 0 Å². The first-order valence-electron chi connectivity index (χ1n) is 15.1. The quantitative estimate of drug-likeness (QED) is 0.281. The molecule has 1 N–H and O–H groups in total. The van der Waals surface area contributed by atoms with Crippen molar-refractivity contribution in [2.75, 3.05) is 31.9 Å². The van der Waals surface area contributed by atoms with Crippen LogP contribution in [0.5, 0.6) is 0 Å². The van der Waals surface area contributed by atoms with Crippen molar-refractivity contribution in [3.05, 3.63) is 113 Å². The van der Waals surface area contributed by atoms with Gasteiger partial charge in [-0.25, -0.2) is 17.5 Å². The van der Waals surface area contributed by atoms with Gasteiger partial charge in [-0.2, -0.15) is 5.10 Å². The van der Waals surface area contributed by atoms with E-state index in [2.05, 4.69) is 22.1 Å². The topological polar surface area (TPSA) is 113 Å². The van der Waals surface area contributed by atoms with Gasteiger partial charge in [-0.05, 0) is 79.9 Å². The lowest BCUT2D eigenvalue weighted by molar-refractivity contribution is -0.134. The number of nitrogens with zero attached hydrogens (tertiary/aromatic N) is 4. The molecule has 9 nitrogen and oxygen atoms in total. The second kappa shape index (κ2) is 12.9. The van der Waals surface area contributed by atoms with E-state index < -0.39 is 21.6 Å². The standard InChI is InChI=1S/C34H35FN4O5S/c35-28-8-10-29(11-9-28)39-33(31(20-36-39)34(42)38-19-16-27(22-38)25-4-2-1-3-5-25)26-14-17-37(18-15-26)21-24-6-12-30(13-7-24)45(43,44)23-32(40)41/h1-13,20,26-27H,14-19,21-23H2,(H,40,41). The van der Waals surface area contributed by atoms with E-state index in [9.17, 15) is 22.4 Å². The van der Waals surface area contributed by atoms with Crippen molar-refractivity contribution in [2.24, 2.45) is 0 Å². The van der Waals surface area contributed by atoms with Crippen LogP contribution >= 0.6 is 0 Å². The van der Waals surface area contributed by atoms with Crippen LogP contribution < -0.4 is 0 Å². The summed E-state index contributed by atoms with van der Waals surface area (Å²) in [5, 5.41) is 13.5. The molecule has 2 fully saturated rings. The van der Waals surface area contributed by atoms with E-state index in [1.54, 1.807) is 35.1 Å². The third kappa shape index (κ3) is 6.84. The number of likely N-dealkylation sites (tertiary alicyclic amines) is 2. The first-order chi connectivity index (χ1) is 21.7. The van der Waals surface area contributed by atoms with Gasteiger partial charge >= 0.3 is 5.97 Å². The molecule has 6 rings (SSSR count). The van der Waals surface area contributed by atoms with E-state index in [0.29, 0.717) is 36.8 Å². The van der Waals surface area contributed by atoms with Crippen molar-refractivity contribution >= 4 is 21.7 Å². The molecule has 2 aliphatic rings. The van der Waals surface area contributed by atoms with E-state index in [0.717, 1.165) is 43.6 Å². The Kier molecular flexibility index (Phi) is 8.82. The number of hydrogen-bond donors (Lipinski definition) is 1. The summed E-state index contributed by atoms with van der Waals surface area (Å²) in [6.45, 7) is 3.45. The lowest BCUT2D eigenvalue weighted by Gasteiger charge is -2.33. The highest BCUT2D eigenvalue weighted by Crippen LogP contribution is 2.35. The summed E-state index contributed by atoms with van der Waals surface area (Å²) < 4.78 is 40.0. The van der Waals surface area contributed by atoms with Gasteiger partial charge in [0.2, 0.25) is 0 Å². The zero-order valence-corrected chi connectivity index (χ0v) is 25.6. The first kappa shape index (κ1) is 30.7. The van der Waals surface area contributed by atoms with E-state index in [-0.39, 0.29) is 22.5 Å². The SMILES string of the molecule is O=C(O)CS(=O)(=O)c1ccc(CN2CCC(c3c(C(=O)N4CCC(c5ccccc5)C4)cnn3-c3ccc(F)cc3)CC2)cc1. The number of carbonyl (C=O) groups is 2. The number of carbonyl (C=O) groups excluding carboxylic acids is 1. The van der Waals surface area contributed by atoms with Crippen LogP contribution in [0.25, 0.3) is 5.69 Å². The highest BCUT2D eigenvalue weighted by molar-refractivity contribution is 7.92. The number of amides is 1. The lowest BCUT2D eigenvalue weighted by atomic mass is 9.90. The van der Waals surface area contributed by atoms with Crippen molar-refractivity contribution in [2.45, 2.75) is 42.5 Å². The summed E-state index contributed by atoms with van der Waals surface area (Å²) in [6, 6.07) is 22.8. The Labute approximate surface area is 261 Å². The molecular weight excluding hydrogens is 595 g/mol. The van der Waals surface area contributed by atoms with Crippen LogP contribution in [-0.4, -0.2) is 76.9 Å². The van der Waals surface area contributed by atoms with Gasteiger partial charge in [-0.3, -0.25) is 14.5 Å². The Morgan fingerprint density at radius 1 is 0.867 bits per heavy atom. The fourth-order valence-corrected chi connectivity index (χ4v) is 7.53. The molecule has 3 heterocycles. The van der Waals surface area contributed by atoms with Crippen LogP contribution in [0.1, 0.15) is 58.3 Å². The minimum absolute atomic E-state index is 0.00768. The van der Waals surface area contributed by atoms with Crippen LogP contribution in [0.2, 0.25) is 0 Å². The molecule has 1 atom stereocenters. The third-order valence-electron chi connectivity index (χ3n) is 8.83. The number of carboxylic acid groups (broad SMARTS) is 1. The number of sulfone groups is 1. The molecule has 2 saturated heterocycles. The zero-order valence-electron chi connectivity index (χ0n) is 24.8. The second-order valence-electron chi connectivity index (χ2n) is 11.8. The summed E-state index contributed by atoms with van der Waals surface area (Å²) in [4.78, 5) is 29.1. The zero-order chi connectivity index (χ0) is 31.6. The lowest BCUT2D eigenvalue weighted by Crippen LogP contribution is -2.34. The molecule has 11 heteroatoms. The largest absolute Gasteiger partial charge is 0.480 e. The second-order valence-corrected chi connectivity index (χ2v) is 13.8. The molecular formula is C34H35FN4O5S. The van der Waals surface area contributed by atoms with Crippen LogP contribution in [-0.2, 0) is 21.2 Å². The summed E-state index contributed by atoms with van der Waals surface area (Å²) >= 11 is 0. The minimum atomic E-state index is -3.88. The molecule has 45 heavy (non-hydrogen) atoms. The number of hydrogen-bond acceptors (Lipinski definition) is 6. The predicted octanol–water partition coefficient (Wildman–Crippen LogP) is 4.88. The summed E-state index contributed by atoms with van der Waals surface area (Å²) in [7, 11) is -3.88. The van der Waals surface area contributed by atoms with Crippen LogP contribution in [0.4, 0.5) is 4.39 Å². The van der Waals surface area contributed by atoms with Crippen molar-refractivity contribution in [1.29, 1.82) is 0 Å². The van der Waals surface area contributed by atoms with Crippen molar-refractivity contribution in [1.82, 2.24) is 19.6 Å². The van der Waals surface area contributed by atoms with Gasteiger partial charge in [0.1, 0.15) is 5.82 Å². The molecule has 0 bridgehead atoms. The average molecular weight is 631 g/mol. The number of benzene rings is 3. The average Bonchev–Trinajstić information content (AvgIpc) is 3.70. The highest BCUT2D eigenvalue weighted by Gasteiger charge is 2.34. The molecule has 2 aliphatic heterocycles. The number of rotatable bonds is 9. The molecule has 4 aromatic rings. The Morgan fingerprint density at radius 3 is 2.20 bits per heavy atom. The number of aromatic nitrogens is 2. The Bertz CT molecular complexity index is 1770. The molecule has 0 saturated carbocycles. The maximum absolute atomic E-state index is 14.0. The minimum Gasteiger partial charge on any atom is -0.480 e. The molecule has 234 valence electrons. The number of piperidine rings is 1. The summed E-state index contributed by atoms with van der Waals surface area (Å²) in [6.07, 6.45) is 4.13. The van der Waals surface area contributed by atoms with Gasteiger partial charge in [-0.1, -0.05) is 42.5 Å². The van der Waals surface area contributed by atoms with E-state index >= 15 is 0 Å². The van der Waals surface area contributed by atoms with Gasteiger partial charge in [0, 0.05) is 31.5 Å². The molecule has 3 aromatic carbocycles. The van der Waals surface area contributed by atoms with E-state index in [4.69, 9.17) is 5.11 Å². The highest BCUT2D eigenvalue weighted by atomic mass is 32.2. The number of aliphatic carboxylic acids is 1. The molecule has 0 spiro atoms. The fraction of sp³-hybridized carbons (Fsp3) is 0.324. The van der Waals surface area contributed by atoms with Gasteiger partial charge in [0.05, 0.1) is 28.0 Å². The monoisotopic (exact) mass is 630 g/mol. The maximum atomic E-state index is 14.0. The molecule has 0 aliphatic carbocycles. The van der Waals surface area contributed by atoms with Gasteiger partial charge in [0.15, 0.2) is 15.6 Å². The number of halogens is 1. The van der Waals surface area contributed by atoms with Crippen LogP contribution in [0.15, 0.2) is 90.0 Å². The summed E-state index contributed by atoms with van der Waals surface area (Å²) in [5.41, 5.74) is 4.30. The van der Waals surface area contributed by atoms with Crippen LogP contribution in [0, 0.1) is 5.82 Å². The third-order valence-corrected chi connectivity index (χ3v) is 10.4. The first-order valence-corrected chi connectivity index (χ1v) is 16.8. The van der Waals surface area contributed by atoms with E-state index in [1.165, 1.54) is 29.8 Å². The van der Waals surface area contributed by atoms with Crippen molar-refractivity contribution in [3.8, 4) is 5.69 Å². The van der Waals surface area contributed by atoms with Gasteiger partial charge in [0.25, 0.3) is 5.91 Å². The molecule has 1 aromatic heterocycles. The normalized spacial score (nSPS) is 17.9. The predicted molar refractivity (Wildman–Crippen MR) is 167 cm³/mol. The Balaban J connectivity index is 1.18. The molecule has 0 radical (unpaired) electrons. The molecule has 1 amide bonds. The van der Waals surface area contributed by atoms with Gasteiger partial charge < -0.3 is 10.0 Å². The molecule has 1 unspecified atom stereocenters. The Hall–Kier alpha value is -4.35. The van der Waals surface area contributed by atoms with Crippen molar-refractivity contribution in [3.63, 3.8) is 0 Å². The number of carboxylic acids is 1. The fourth-order valence-electron chi connectivity index (χ4n) is 6.49. The Morgan fingerprint density at radius 2 is 1.53 bits per heavy atom.